The molecule has 7 nitrogen and oxygen atoms in total. The Labute approximate surface area is 174 Å². The summed E-state index contributed by atoms with van der Waals surface area (Å²) < 4.78 is 45.6. The molecular weight excluding hydrogens is 459 g/mol. The Hall–Kier alpha value is -0.740. The van der Waals surface area contributed by atoms with Crippen molar-refractivity contribution in [2.24, 2.45) is 0 Å². The van der Waals surface area contributed by atoms with Gasteiger partial charge < -0.3 is 10.6 Å². The van der Waals surface area contributed by atoms with E-state index in [0.717, 1.165) is 4.90 Å². The first-order valence-electron chi connectivity index (χ1n) is 7.83. The first-order valence-corrected chi connectivity index (χ1v) is 12.5. The molecule has 0 aliphatic heterocycles. The SMILES string of the molecule is CC(Cl)S(=O)(=O)CCN(CCS(=O)(=O)C(C)Cl)C(=O)c1ccc(Cl)c(N)c1. The van der Waals surface area contributed by atoms with Crippen LogP contribution in [0.3, 0.4) is 0 Å². The maximum atomic E-state index is 12.8. The molecule has 2 unspecified atom stereocenters. The van der Waals surface area contributed by atoms with E-state index in [9.17, 15) is 21.6 Å². The molecule has 0 saturated carbocycles. The lowest BCUT2D eigenvalue weighted by atomic mass is 10.1. The van der Waals surface area contributed by atoms with Crippen molar-refractivity contribution in [3.8, 4) is 0 Å². The molecule has 0 aliphatic rings. The number of alkyl halides is 2. The summed E-state index contributed by atoms with van der Waals surface area (Å²) in [4.78, 5) is 13.9. The summed E-state index contributed by atoms with van der Waals surface area (Å²) in [5, 5.41) is 0.259. The van der Waals surface area contributed by atoms with Gasteiger partial charge in [0.05, 0.1) is 22.2 Å². The van der Waals surface area contributed by atoms with E-state index >= 15 is 0 Å². The monoisotopic (exact) mass is 478 g/mol. The second kappa shape index (κ2) is 9.65. The molecule has 1 aromatic rings. The zero-order valence-electron chi connectivity index (χ0n) is 14.7. The smallest absolute Gasteiger partial charge is 0.253 e. The van der Waals surface area contributed by atoms with Gasteiger partial charge in [-0.2, -0.15) is 0 Å². The molecule has 0 fully saturated rings. The Bertz CT molecular complexity index is 845. The third-order valence-electron chi connectivity index (χ3n) is 3.81. The molecule has 1 aromatic carbocycles. The number of nitrogen functional groups attached to an aromatic ring is 1. The number of benzene rings is 1. The van der Waals surface area contributed by atoms with Crippen molar-refractivity contribution >= 4 is 66.1 Å². The van der Waals surface area contributed by atoms with Crippen LogP contribution in [-0.4, -0.2) is 61.7 Å². The molecule has 12 heteroatoms. The van der Waals surface area contributed by atoms with E-state index in [1.54, 1.807) is 0 Å². The van der Waals surface area contributed by atoms with Crippen LogP contribution in [0, 0.1) is 0 Å². The van der Waals surface area contributed by atoms with Crippen LogP contribution >= 0.6 is 34.8 Å². The molecule has 0 aromatic heterocycles. The van der Waals surface area contributed by atoms with Gasteiger partial charge in [-0.3, -0.25) is 4.79 Å². The largest absolute Gasteiger partial charge is 0.398 e. The number of carbonyl (C=O) groups is 1. The molecule has 1 amide bonds. The molecule has 2 N–H and O–H groups in total. The normalized spacial score (nSPS) is 14.6. The third-order valence-corrected chi connectivity index (χ3v) is 9.27. The Morgan fingerprint density at radius 1 is 1.04 bits per heavy atom. The van der Waals surface area contributed by atoms with E-state index in [1.807, 2.05) is 0 Å². The van der Waals surface area contributed by atoms with E-state index < -0.39 is 46.5 Å². The average molecular weight is 480 g/mol. The molecule has 0 saturated heterocycles. The van der Waals surface area contributed by atoms with Crippen molar-refractivity contribution < 1.29 is 21.6 Å². The molecule has 1 rings (SSSR count). The molecule has 154 valence electrons. The lowest BCUT2D eigenvalue weighted by Crippen LogP contribution is -2.40. The van der Waals surface area contributed by atoms with E-state index in [-0.39, 0.29) is 29.4 Å². The van der Waals surface area contributed by atoms with Gasteiger partial charge in [0.25, 0.3) is 5.91 Å². The first-order chi connectivity index (χ1) is 12.3. The standard InChI is InChI=1S/C15H21Cl3N2O5S2/c1-10(16)26(22,23)7-5-20(6-8-27(24,25)11(2)17)15(21)12-3-4-13(18)14(19)9-12/h3-4,9-11H,5-8,19H2,1-2H3. The minimum absolute atomic E-state index is 0.157. The van der Waals surface area contributed by atoms with Crippen molar-refractivity contribution in [2.45, 2.75) is 23.3 Å². The van der Waals surface area contributed by atoms with Gasteiger partial charge in [0.1, 0.15) is 9.42 Å². The molecule has 0 heterocycles. The van der Waals surface area contributed by atoms with Gasteiger partial charge in [0.2, 0.25) is 0 Å². The van der Waals surface area contributed by atoms with Crippen LogP contribution in [0.15, 0.2) is 18.2 Å². The Morgan fingerprint density at radius 2 is 1.48 bits per heavy atom. The Morgan fingerprint density at radius 3 is 1.85 bits per heavy atom. The number of hydrogen-bond donors (Lipinski definition) is 1. The molecule has 2 atom stereocenters. The van der Waals surface area contributed by atoms with Gasteiger partial charge in [-0.1, -0.05) is 11.6 Å². The fourth-order valence-electron chi connectivity index (χ4n) is 1.97. The minimum Gasteiger partial charge on any atom is -0.398 e. The number of halogens is 3. The van der Waals surface area contributed by atoms with Gasteiger partial charge in [-0.15, -0.1) is 23.2 Å². The van der Waals surface area contributed by atoms with Gasteiger partial charge in [0.15, 0.2) is 19.7 Å². The summed E-state index contributed by atoms with van der Waals surface area (Å²) in [6.45, 7) is 2.16. The zero-order valence-corrected chi connectivity index (χ0v) is 18.6. The highest BCUT2D eigenvalue weighted by Gasteiger charge is 2.26. The minimum atomic E-state index is -3.64. The quantitative estimate of drug-likeness (QED) is 0.429. The van der Waals surface area contributed by atoms with E-state index in [1.165, 1.54) is 32.0 Å². The van der Waals surface area contributed by atoms with Crippen LogP contribution in [0.25, 0.3) is 0 Å². The Kier molecular flexibility index (Phi) is 8.68. The molecule has 0 bridgehead atoms. The molecule has 0 aliphatic carbocycles. The fraction of sp³-hybridized carbons (Fsp3) is 0.533. The summed E-state index contributed by atoms with van der Waals surface area (Å²) in [6.07, 6.45) is 0. The van der Waals surface area contributed by atoms with Crippen molar-refractivity contribution in [3.63, 3.8) is 0 Å². The number of rotatable bonds is 9. The number of nitrogens with zero attached hydrogens (tertiary/aromatic N) is 1. The summed E-state index contributed by atoms with van der Waals surface area (Å²) in [5.74, 6) is -1.40. The van der Waals surface area contributed by atoms with Gasteiger partial charge >= 0.3 is 0 Å². The summed E-state index contributed by atoms with van der Waals surface area (Å²) >= 11 is 17.1. The molecule has 0 spiro atoms. The maximum absolute atomic E-state index is 12.8. The highest BCUT2D eigenvalue weighted by atomic mass is 35.5. The predicted molar refractivity (Wildman–Crippen MR) is 110 cm³/mol. The van der Waals surface area contributed by atoms with E-state index in [2.05, 4.69) is 0 Å². The van der Waals surface area contributed by atoms with Crippen LogP contribution in [0.2, 0.25) is 5.02 Å². The molecule has 27 heavy (non-hydrogen) atoms. The maximum Gasteiger partial charge on any atom is 0.253 e. The highest BCUT2D eigenvalue weighted by Crippen LogP contribution is 2.21. The predicted octanol–water partition coefficient (Wildman–Crippen LogP) is 2.36. The zero-order chi connectivity index (χ0) is 21.0. The number of nitrogens with two attached hydrogens (primary N) is 1. The van der Waals surface area contributed by atoms with Crippen LogP contribution in [0.1, 0.15) is 24.2 Å². The average Bonchev–Trinajstić information content (AvgIpc) is 2.56. The van der Waals surface area contributed by atoms with Gasteiger partial charge in [-0.25, -0.2) is 16.8 Å². The van der Waals surface area contributed by atoms with Crippen LogP contribution in [-0.2, 0) is 19.7 Å². The van der Waals surface area contributed by atoms with Crippen molar-refractivity contribution in [1.29, 1.82) is 0 Å². The second-order valence-electron chi connectivity index (χ2n) is 5.85. The van der Waals surface area contributed by atoms with Gasteiger partial charge in [0, 0.05) is 18.7 Å². The number of amides is 1. The molecule has 0 radical (unpaired) electrons. The number of anilines is 1. The van der Waals surface area contributed by atoms with E-state index in [4.69, 9.17) is 40.5 Å². The van der Waals surface area contributed by atoms with E-state index in [0.29, 0.717) is 0 Å². The van der Waals surface area contributed by atoms with Crippen LogP contribution < -0.4 is 5.73 Å². The second-order valence-corrected chi connectivity index (χ2v) is 13.0. The first kappa shape index (κ1) is 24.3. The summed E-state index contributed by atoms with van der Waals surface area (Å²) in [7, 11) is -7.29. The number of sulfone groups is 2. The van der Waals surface area contributed by atoms with Crippen LogP contribution in [0.4, 0.5) is 5.69 Å². The summed E-state index contributed by atoms with van der Waals surface area (Å²) in [5.41, 5.74) is 6.02. The van der Waals surface area contributed by atoms with Gasteiger partial charge in [-0.05, 0) is 32.0 Å². The molecular formula is C15H21Cl3N2O5S2. The van der Waals surface area contributed by atoms with Crippen molar-refractivity contribution in [3.05, 3.63) is 28.8 Å². The Balaban J connectivity index is 3.08. The lowest BCUT2D eigenvalue weighted by Gasteiger charge is -2.23. The number of carbonyl (C=O) groups excluding carboxylic acids is 1. The topological polar surface area (TPSA) is 115 Å². The fourth-order valence-corrected chi connectivity index (χ4v) is 4.23. The highest BCUT2D eigenvalue weighted by molar-refractivity contribution is 7.93. The third kappa shape index (κ3) is 6.98. The summed E-state index contributed by atoms with van der Waals surface area (Å²) in [6, 6.07) is 4.19. The van der Waals surface area contributed by atoms with Crippen LogP contribution in [0.5, 0.6) is 0 Å². The number of hydrogen-bond acceptors (Lipinski definition) is 6. The van der Waals surface area contributed by atoms with Crippen molar-refractivity contribution in [1.82, 2.24) is 4.90 Å². The lowest BCUT2D eigenvalue weighted by molar-refractivity contribution is 0.0775. The van der Waals surface area contributed by atoms with Crippen molar-refractivity contribution in [2.75, 3.05) is 30.3 Å².